The molecule has 21 heavy (non-hydrogen) atoms. The lowest BCUT2D eigenvalue weighted by Gasteiger charge is -2.19. The third-order valence-corrected chi connectivity index (χ3v) is 3.67. The zero-order valence-electron chi connectivity index (χ0n) is 12.5. The quantitative estimate of drug-likeness (QED) is 0.840. The van der Waals surface area contributed by atoms with Crippen LogP contribution < -0.4 is 5.32 Å². The number of nitrogens with one attached hydrogen (secondary N) is 1. The molecular weight excluding hydrogens is 268 g/mol. The number of rotatable bonds is 6. The molecule has 0 amide bonds. The van der Waals surface area contributed by atoms with E-state index < -0.39 is 11.6 Å². The fourth-order valence-corrected chi connectivity index (χ4v) is 2.52. The van der Waals surface area contributed by atoms with Gasteiger partial charge in [0.05, 0.1) is 0 Å². The van der Waals surface area contributed by atoms with Crippen LogP contribution in [0, 0.1) is 18.6 Å². The monoisotopic (exact) mass is 289 g/mol. The Morgan fingerprint density at radius 1 is 1.05 bits per heavy atom. The predicted octanol–water partition coefficient (Wildman–Crippen LogP) is 4.21. The summed E-state index contributed by atoms with van der Waals surface area (Å²) in [5, 5.41) is 3.28. The molecule has 1 N–H and O–H groups in total. The van der Waals surface area contributed by atoms with Crippen molar-refractivity contribution in [1.29, 1.82) is 0 Å². The number of likely N-dealkylation sites (N-methyl/N-ethyl adjacent to an activating group) is 1. The molecule has 0 saturated carbocycles. The van der Waals surface area contributed by atoms with E-state index in [1.165, 1.54) is 18.2 Å². The van der Waals surface area contributed by atoms with E-state index in [0.29, 0.717) is 13.0 Å². The molecule has 1 atom stereocenters. The van der Waals surface area contributed by atoms with Gasteiger partial charge in [0.1, 0.15) is 11.6 Å². The second-order valence-electron chi connectivity index (χ2n) is 5.32. The van der Waals surface area contributed by atoms with Gasteiger partial charge in [0.15, 0.2) is 0 Å². The zero-order chi connectivity index (χ0) is 15.2. The molecule has 0 spiro atoms. The summed E-state index contributed by atoms with van der Waals surface area (Å²) in [5.74, 6) is -0.885. The summed E-state index contributed by atoms with van der Waals surface area (Å²) in [7, 11) is 0. The van der Waals surface area contributed by atoms with Crippen LogP contribution in [0.3, 0.4) is 0 Å². The average molecular weight is 289 g/mol. The first-order chi connectivity index (χ1) is 10.1. The van der Waals surface area contributed by atoms with E-state index in [4.69, 9.17) is 0 Å². The molecule has 0 aliphatic rings. The molecule has 0 saturated heterocycles. The zero-order valence-corrected chi connectivity index (χ0v) is 12.5. The molecule has 0 fully saturated rings. The Hall–Kier alpha value is -1.74. The van der Waals surface area contributed by atoms with E-state index in [0.717, 1.165) is 17.7 Å². The van der Waals surface area contributed by atoms with Crippen LogP contribution in [0.5, 0.6) is 0 Å². The molecule has 0 bridgehead atoms. The van der Waals surface area contributed by atoms with Gasteiger partial charge in [-0.3, -0.25) is 0 Å². The van der Waals surface area contributed by atoms with Crippen molar-refractivity contribution in [2.75, 3.05) is 13.1 Å². The normalized spacial score (nSPS) is 12.4. The molecule has 1 nitrogen and oxygen atoms in total. The van der Waals surface area contributed by atoms with Crippen LogP contribution in [-0.4, -0.2) is 13.1 Å². The highest BCUT2D eigenvalue weighted by atomic mass is 19.1. The lowest BCUT2D eigenvalue weighted by molar-refractivity contribution is 0.523. The molecule has 1 unspecified atom stereocenters. The summed E-state index contributed by atoms with van der Waals surface area (Å²) in [6.45, 7) is 5.59. The Balaban J connectivity index is 2.28. The van der Waals surface area contributed by atoms with Crippen molar-refractivity contribution in [3.63, 3.8) is 0 Å². The lowest BCUT2D eigenvalue weighted by Crippen LogP contribution is -2.23. The van der Waals surface area contributed by atoms with Gasteiger partial charge in [0.2, 0.25) is 0 Å². The maximum Gasteiger partial charge on any atom is 0.129 e. The van der Waals surface area contributed by atoms with Crippen LogP contribution in [0.1, 0.15) is 29.5 Å². The van der Waals surface area contributed by atoms with Gasteiger partial charge in [-0.05, 0) is 37.6 Å². The van der Waals surface area contributed by atoms with E-state index in [9.17, 15) is 8.78 Å². The SMILES string of the molecule is CCNCC(Cc1c(F)cccc1F)c1cccc(C)c1. The number of aryl methyl sites for hydroxylation is 1. The van der Waals surface area contributed by atoms with E-state index >= 15 is 0 Å². The molecule has 0 heterocycles. The van der Waals surface area contributed by atoms with Crippen LogP contribution in [0.15, 0.2) is 42.5 Å². The van der Waals surface area contributed by atoms with Crippen LogP contribution in [-0.2, 0) is 6.42 Å². The number of hydrogen-bond acceptors (Lipinski definition) is 1. The first-order valence-electron chi connectivity index (χ1n) is 7.32. The number of benzene rings is 2. The first-order valence-corrected chi connectivity index (χ1v) is 7.32. The molecule has 0 aliphatic heterocycles. The summed E-state index contributed by atoms with van der Waals surface area (Å²) >= 11 is 0. The highest BCUT2D eigenvalue weighted by Gasteiger charge is 2.17. The highest BCUT2D eigenvalue weighted by molar-refractivity contribution is 5.29. The standard InChI is InChI=1S/C18H21F2N/c1-3-21-12-15(14-7-4-6-13(2)10-14)11-16-17(19)8-5-9-18(16)20/h4-10,15,21H,3,11-12H2,1-2H3. The van der Waals surface area contributed by atoms with Gasteiger partial charge in [-0.15, -0.1) is 0 Å². The van der Waals surface area contributed by atoms with E-state index in [-0.39, 0.29) is 11.5 Å². The van der Waals surface area contributed by atoms with Gasteiger partial charge in [-0.1, -0.05) is 42.8 Å². The lowest BCUT2D eigenvalue weighted by atomic mass is 9.90. The van der Waals surface area contributed by atoms with Crippen molar-refractivity contribution in [3.05, 3.63) is 70.8 Å². The Labute approximate surface area is 125 Å². The molecule has 2 aromatic rings. The summed E-state index contributed by atoms with van der Waals surface area (Å²) in [6, 6.07) is 12.2. The third kappa shape index (κ3) is 4.11. The van der Waals surface area contributed by atoms with Crippen LogP contribution in [0.2, 0.25) is 0 Å². The van der Waals surface area contributed by atoms with Gasteiger partial charge in [0.25, 0.3) is 0 Å². The predicted molar refractivity (Wildman–Crippen MR) is 82.5 cm³/mol. The second-order valence-corrected chi connectivity index (χ2v) is 5.32. The van der Waals surface area contributed by atoms with Crippen LogP contribution in [0.4, 0.5) is 8.78 Å². The largest absolute Gasteiger partial charge is 0.316 e. The molecule has 3 heteroatoms. The van der Waals surface area contributed by atoms with Gasteiger partial charge in [-0.25, -0.2) is 8.78 Å². The molecule has 0 aromatic heterocycles. The summed E-state index contributed by atoms with van der Waals surface area (Å²) in [6.07, 6.45) is 0.356. The minimum absolute atomic E-state index is 0.0521. The minimum Gasteiger partial charge on any atom is -0.316 e. The van der Waals surface area contributed by atoms with E-state index in [1.807, 2.05) is 32.0 Å². The molecule has 0 aliphatic carbocycles. The van der Waals surface area contributed by atoms with Crippen LogP contribution >= 0.6 is 0 Å². The van der Waals surface area contributed by atoms with Crippen molar-refractivity contribution in [2.24, 2.45) is 0 Å². The molecule has 0 radical (unpaired) electrons. The molecule has 112 valence electrons. The fourth-order valence-electron chi connectivity index (χ4n) is 2.52. The van der Waals surface area contributed by atoms with Crippen molar-refractivity contribution in [1.82, 2.24) is 5.32 Å². The molecule has 2 aromatic carbocycles. The molecule has 2 rings (SSSR count). The van der Waals surface area contributed by atoms with E-state index in [2.05, 4.69) is 11.4 Å². The van der Waals surface area contributed by atoms with Crippen molar-refractivity contribution in [2.45, 2.75) is 26.2 Å². The van der Waals surface area contributed by atoms with Crippen LogP contribution in [0.25, 0.3) is 0 Å². The fraction of sp³-hybridized carbons (Fsp3) is 0.333. The van der Waals surface area contributed by atoms with Gasteiger partial charge in [-0.2, -0.15) is 0 Å². The Bertz CT molecular complexity index is 575. The maximum absolute atomic E-state index is 13.9. The first kappa shape index (κ1) is 15.6. The summed E-state index contributed by atoms with van der Waals surface area (Å²) in [4.78, 5) is 0. The van der Waals surface area contributed by atoms with Crippen molar-refractivity contribution < 1.29 is 8.78 Å². The highest BCUT2D eigenvalue weighted by Crippen LogP contribution is 2.24. The van der Waals surface area contributed by atoms with Crippen molar-refractivity contribution >= 4 is 0 Å². The topological polar surface area (TPSA) is 12.0 Å². The van der Waals surface area contributed by atoms with E-state index in [1.54, 1.807) is 0 Å². The van der Waals surface area contributed by atoms with Crippen molar-refractivity contribution in [3.8, 4) is 0 Å². The number of hydrogen-bond donors (Lipinski definition) is 1. The van der Waals surface area contributed by atoms with Gasteiger partial charge < -0.3 is 5.32 Å². The Morgan fingerprint density at radius 2 is 1.71 bits per heavy atom. The Morgan fingerprint density at radius 3 is 2.33 bits per heavy atom. The summed E-state index contributed by atoms with van der Waals surface area (Å²) in [5.41, 5.74) is 2.43. The third-order valence-electron chi connectivity index (χ3n) is 3.67. The maximum atomic E-state index is 13.9. The number of halogens is 2. The van der Waals surface area contributed by atoms with Gasteiger partial charge >= 0.3 is 0 Å². The summed E-state index contributed by atoms with van der Waals surface area (Å²) < 4.78 is 27.7. The average Bonchev–Trinajstić information content (AvgIpc) is 2.46. The van der Waals surface area contributed by atoms with Gasteiger partial charge in [0, 0.05) is 18.0 Å². The Kier molecular flexibility index (Phi) is 5.45. The molecular formula is C18H21F2N. The second kappa shape index (κ2) is 7.32. The minimum atomic E-state index is -0.468. The smallest absolute Gasteiger partial charge is 0.129 e.